The first-order valence-corrected chi connectivity index (χ1v) is 9.86. The molecule has 5 N–H and O–H groups in total. The summed E-state index contributed by atoms with van der Waals surface area (Å²) >= 11 is 0. The number of nitrogens with one attached hydrogen (secondary N) is 1. The molecule has 2 aliphatic rings. The van der Waals surface area contributed by atoms with Crippen molar-refractivity contribution in [3.8, 4) is 0 Å². The third-order valence-corrected chi connectivity index (χ3v) is 6.22. The number of carbonyl (C=O) groups excluding carboxylic acids is 3. The third-order valence-electron chi connectivity index (χ3n) is 6.22. The molecule has 28 heavy (non-hydrogen) atoms. The molecule has 152 valence electrons. The van der Waals surface area contributed by atoms with E-state index >= 15 is 0 Å². The Hall–Kier alpha value is -2.41. The fourth-order valence-electron chi connectivity index (χ4n) is 4.76. The first-order valence-electron chi connectivity index (χ1n) is 9.86. The van der Waals surface area contributed by atoms with Gasteiger partial charge in [-0.25, -0.2) is 0 Å². The second kappa shape index (κ2) is 7.20. The van der Waals surface area contributed by atoms with E-state index in [-0.39, 0.29) is 5.91 Å². The number of benzene rings is 1. The molecule has 1 aromatic rings. The Kier molecular flexibility index (Phi) is 5.23. The van der Waals surface area contributed by atoms with Gasteiger partial charge in [-0.15, -0.1) is 0 Å². The van der Waals surface area contributed by atoms with Crippen molar-refractivity contribution in [1.29, 1.82) is 0 Å². The summed E-state index contributed by atoms with van der Waals surface area (Å²) in [6.45, 7) is 7.50. The molecule has 0 aromatic heterocycles. The number of nitrogens with zero attached hydrogens (tertiary/aromatic N) is 1. The van der Waals surface area contributed by atoms with Crippen molar-refractivity contribution in [2.45, 2.75) is 46.1 Å². The molecule has 0 bridgehead atoms. The predicted octanol–water partition coefficient (Wildman–Crippen LogP) is 1.11. The van der Waals surface area contributed by atoms with Crippen LogP contribution in [0.15, 0.2) is 18.2 Å². The number of carbonyl (C=O) groups is 3. The number of likely N-dealkylation sites (tertiary alicyclic amines) is 1. The molecule has 3 amide bonds. The van der Waals surface area contributed by atoms with Gasteiger partial charge in [-0.1, -0.05) is 26.8 Å². The molecule has 0 aliphatic carbocycles. The zero-order valence-corrected chi connectivity index (χ0v) is 16.9. The molecule has 0 radical (unpaired) electrons. The average Bonchev–Trinajstić information content (AvgIpc) is 3.15. The number of hydrogen-bond acceptors (Lipinski definition) is 4. The Balaban J connectivity index is 2.22. The van der Waals surface area contributed by atoms with Crippen LogP contribution in [0.5, 0.6) is 0 Å². The van der Waals surface area contributed by atoms with E-state index in [0.29, 0.717) is 25.2 Å². The summed E-state index contributed by atoms with van der Waals surface area (Å²) in [4.78, 5) is 40.3. The molecule has 0 spiro atoms. The van der Waals surface area contributed by atoms with Crippen molar-refractivity contribution < 1.29 is 14.4 Å². The van der Waals surface area contributed by atoms with Crippen molar-refractivity contribution >= 4 is 17.7 Å². The fourth-order valence-corrected chi connectivity index (χ4v) is 4.76. The van der Waals surface area contributed by atoms with Crippen LogP contribution in [0.3, 0.4) is 0 Å². The predicted molar refractivity (Wildman–Crippen MR) is 106 cm³/mol. The zero-order valence-electron chi connectivity index (χ0n) is 16.9. The SMILES string of the molecule is CC(C)(C)C(C(N)=O)(C(=O)N1CCCC1)C1NCCc2ccc(C(N)=O)cc21. The van der Waals surface area contributed by atoms with Crippen LogP contribution < -0.4 is 16.8 Å². The number of nitrogens with two attached hydrogens (primary N) is 2. The molecule has 1 aromatic carbocycles. The van der Waals surface area contributed by atoms with E-state index in [1.807, 2.05) is 26.8 Å². The topological polar surface area (TPSA) is 119 Å². The van der Waals surface area contributed by atoms with Gasteiger partial charge in [-0.2, -0.15) is 0 Å². The number of rotatable bonds is 4. The fraction of sp³-hybridized carbons (Fsp3) is 0.571. The largest absolute Gasteiger partial charge is 0.369 e. The minimum Gasteiger partial charge on any atom is -0.369 e. The van der Waals surface area contributed by atoms with E-state index in [9.17, 15) is 14.4 Å². The summed E-state index contributed by atoms with van der Waals surface area (Å²) in [5.41, 5.74) is 11.4. The molecule has 3 rings (SSSR count). The average molecular weight is 386 g/mol. The lowest BCUT2D eigenvalue weighted by Gasteiger charge is -2.49. The molecule has 7 heteroatoms. The molecule has 2 atom stereocenters. The van der Waals surface area contributed by atoms with Crippen LogP contribution in [0.2, 0.25) is 0 Å². The van der Waals surface area contributed by atoms with Crippen LogP contribution >= 0.6 is 0 Å². The lowest BCUT2D eigenvalue weighted by Crippen LogP contribution is -2.63. The quantitative estimate of drug-likeness (QED) is 0.672. The second-order valence-corrected chi connectivity index (χ2v) is 8.84. The van der Waals surface area contributed by atoms with Gasteiger partial charge >= 0.3 is 0 Å². The van der Waals surface area contributed by atoms with Crippen LogP contribution in [-0.4, -0.2) is 42.3 Å². The Bertz CT molecular complexity index is 808. The number of fused-ring (bicyclic) bond motifs is 1. The molecular weight excluding hydrogens is 356 g/mol. The van der Waals surface area contributed by atoms with Gasteiger partial charge in [0.05, 0.1) is 6.04 Å². The summed E-state index contributed by atoms with van der Waals surface area (Å²) in [7, 11) is 0. The van der Waals surface area contributed by atoms with Gasteiger partial charge in [0.1, 0.15) is 0 Å². The Morgan fingerprint density at radius 2 is 1.75 bits per heavy atom. The van der Waals surface area contributed by atoms with Crippen LogP contribution in [0, 0.1) is 10.8 Å². The first kappa shape index (κ1) is 20.3. The van der Waals surface area contributed by atoms with Crippen molar-refractivity contribution in [3.05, 3.63) is 34.9 Å². The molecule has 1 fully saturated rings. The normalized spacial score (nSPS) is 21.7. The van der Waals surface area contributed by atoms with Crippen LogP contribution in [0.25, 0.3) is 0 Å². The van der Waals surface area contributed by atoms with E-state index in [1.54, 1.807) is 17.0 Å². The summed E-state index contributed by atoms with van der Waals surface area (Å²) in [6, 6.07) is 4.63. The van der Waals surface area contributed by atoms with Gasteiger partial charge in [0.15, 0.2) is 5.41 Å². The molecule has 1 saturated heterocycles. The zero-order chi connectivity index (χ0) is 20.7. The lowest BCUT2D eigenvalue weighted by atomic mass is 9.58. The summed E-state index contributed by atoms with van der Waals surface area (Å²) in [6.07, 6.45) is 2.58. The monoisotopic (exact) mass is 386 g/mol. The van der Waals surface area contributed by atoms with Crippen molar-refractivity contribution in [2.75, 3.05) is 19.6 Å². The molecular formula is C21H30N4O3. The first-order chi connectivity index (χ1) is 13.1. The maximum absolute atomic E-state index is 13.8. The van der Waals surface area contributed by atoms with Crippen LogP contribution in [0.1, 0.15) is 61.1 Å². The standard InChI is InChI=1S/C21H30N4O3/c1-20(2,3)21(18(23)27,19(28)25-10-4-5-11-25)16-15-12-14(17(22)26)7-6-13(15)8-9-24-16/h6-7,12,16,24H,4-5,8-11H2,1-3H3,(H2,22,26)(H2,23,27). The highest BCUT2D eigenvalue weighted by atomic mass is 16.2. The Morgan fingerprint density at radius 3 is 2.29 bits per heavy atom. The molecule has 2 heterocycles. The summed E-state index contributed by atoms with van der Waals surface area (Å²) in [5, 5.41) is 3.37. The van der Waals surface area contributed by atoms with Gasteiger partial charge in [0.2, 0.25) is 17.7 Å². The van der Waals surface area contributed by atoms with E-state index in [4.69, 9.17) is 11.5 Å². The molecule has 0 saturated carbocycles. The maximum atomic E-state index is 13.8. The van der Waals surface area contributed by atoms with E-state index in [1.165, 1.54) is 0 Å². The van der Waals surface area contributed by atoms with E-state index in [0.717, 1.165) is 30.4 Å². The Labute approximate surface area is 165 Å². The number of hydrogen-bond donors (Lipinski definition) is 3. The molecule has 2 aliphatic heterocycles. The van der Waals surface area contributed by atoms with Crippen LogP contribution in [-0.2, 0) is 16.0 Å². The minimum atomic E-state index is -1.48. The van der Waals surface area contributed by atoms with Crippen molar-refractivity contribution in [1.82, 2.24) is 10.2 Å². The molecule has 7 nitrogen and oxygen atoms in total. The van der Waals surface area contributed by atoms with Gasteiger partial charge in [-0.05, 0) is 54.5 Å². The highest BCUT2D eigenvalue weighted by Crippen LogP contribution is 2.51. The highest BCUT2D eigenvalue weighted by molar-refractivity contribution is 6.06. The van der Waals surface area contributed by atoms with Gasteiger partial charge < -0.3 is 21.7 Å². The van der Waals surface area contributed by atoms with Crippen molar-refractivity contribution in [2.24, 2.45) is 22.3 Å². The molecule has 2 unspecified atom stereocenters. The minimum absolute atomic E-state index is 0.236. The van der Waals surface area contributed by atoms with E-state index in [2.05, 4.69) is 5.32 Å². The van der Waals surface area contributed by atoms with Gasteiger partial charge in [0.25, 0.3) is 0 Å². The number of primary amides is 2. The highest BCUT2D eigenvalue weighted by Gasteiger charge is 2.61. The van der Waals surface area contributed by atoms with Gasteiger partial charge in [-0.3, -0.25) is 14.4 Å². The second-order valence-electron chi connectivity index (χ2n) is 8.84. The third kappa shape index (κ3) is 3.07. The van der Waals surface area contributed by atoms with Crippen molar-refractivity contribution in [3.63, 3.8) is 0 Å². The van der Waals surface area contributed by atoms with E-state index < -0.39 is 28.7 Å². The maximum Gasteiger partial charge on any atom is 0.248 e. The number of amides is 3. The Morgan fingerprint density at radius 1 is 1.11 bits per heavy atom. The summed E-state index contributed by atoms with van der Waals surface area (Å²) < 4.78 is 0. The lowest BCUT2D eigenvalue weighted by molar-refractivity contribution is -0.160. The van der Waals surface area contributed by atoms with Crippen LogP contribution in [0.4, 0.5) is 0 Å². The smallest absolute Gasteiger partial charge is 0.248 e. The van der Waals surface area contributed by atoms with Gasteiger partial charge in [0, 0.05) is 18.7 Å². The summed E-state index contributed by atoms with van der Waals surface area (Å²) in [5.74, 6) is -1.43.